The SMILES string of the molecule is CCC(C)C(NC(=O)C(N)Cc1ccc(O)cc1)C(=O)NC(CS)C(=O)NC(CS)C(=O)O. The Balaban J connectivity index is 2.85. The van der Waals surface area contributed by atoms with Crippen molar-refractivity contribution in [2.24, 2.45) is 11.7 Å². The fraction of sp³-hybridized carbons (Fsp3) is 0.524. The fourth-order valence-corrected chi connectivity index (χ4v) is 3.36. The molecule has 0 spiro atoms. The molecule has 0 saturated carbocycles. The highest BCUT2D eigenvalue weighted by Crippen LogP contribution is 2.12. The molecule has 0 fully saturated rings. The van der Waals surface area contributed by atoms with Gasteiger partial charge in [-0.2, -0.15) is 25.3 Å². The summed E-state index contributed by atoms with van der Waals surface area (Å²) in [4.78, 5) is 49.1. The molecule has 5 atom stereocenters. The van der Waals surface area contributed by atoms with Crippen molar-refractivity contribution in [3.05, 3.63) is 29.8 Å². The quantitative estimate of drug-likeness (QED) is 0.172. The van der Waals surface area contributed by atoms with Gasteiger partial charge in [-0.1, -0.05) is 32.4 Å². The number of phenolic OH excluding ortho intramolecular Hbond substituents is 1. The van der Waals surface area contributed by atoms with Gasteiger partial charge in [0.25, 0.3) is 0 Å². The van der Waals surface area contributed by atoms with Gasteiger partial charge in [0.1, 0.15) is 23.9 Å². The minimum atomic E-state index is -1.25. The number of hydrogen-bond acceptors (Lipinski definition) is 8. The molecule has 0 aliphatic carbocycles. The fourth-order valence-electron chi connectivity index (χ4n) is 2.85. The Kier molecular flexibility index (Phi) is 12.1. The van der Waals surface area contributed by atoms with Crippen LogP contribution in [0.2, 0.25) is 0 Å². The lowest BCUT2D eigenvalue weighted by molar-refractivity contribution is -0.141. The lowest BCUT2D eigenvalue weighted by atomic mass is 9.97. The summed E-state index contributed by atoms with van der Waals surface area (Å²) < 4.78 is 0. The predicted molar refractivity (Wildman–Crippen MR) is 130 cm³/mol. The highest BCUT2D eigenvalue weighted by atomic mass is 32.1. The summed E-state index contributed by atoms with van der Waals surface area (Å²) in [5, 5.41) is 25.9. The number of nitrogens with one attached hydrogen (secondary N) is 3. The van der Waals surface area contributed by atoms with Crippen molar-refractivity contribution in [3.63, 3.8) is 0 Å². The van der Waals surface area contributed by atoms with Crippen LogP contribution in [-0.2, 0) is 25.6 Å². The molecule has 1 rings (SSSR count). The summed E-state index contributed by atoms with van der Waals surface area (Å²) in [6.07, 6.45) is 0.757. The van der Waals surface area contributed by atoms with Crippen molar-refractivity contribution in [1.82, 2.24) is 16.0 Å². The molecule has 0 aliphatic heterocycles. The molecule has 0 aromatic heterocycles. The third kappa shape index (κ3) is 9.14. The number of amides is 3. The number of hydrogen-bond donors (Lipinski definition) is 8. The number of aliphatic carboxylic acids is 1. The van der Waals surface area contributed by atoms with Gasteiger partial charge >= 0.3 is 5.97 Å². The van der Waals surface area contributed by atoms with Crippen LogP contribution in [0.3, 0.4) is 0 Å². The molecule has 5 unspecified atom stereocenters. The van der Waals surface area contributed by atoms with E-state index in [4.69, 9.17) is 10.8 Å². The lowest BCUT2D eigenvalue weighted by Gasteiger charge is -2.27. The number of benzene rings is 1. The van der Waals surface area contributed by atoms with Crippen molar-refractivity contribution in [3.8, 4) is 5.75 Å². The zero-order valence-corrected chi connectivity index (χ0v) is 20.3. The van der Waals surface area contributed by atoms with Crippen LogP contribution in [0.5, 0.6) is 5.75 Å². The average Bonchev–Trinajstić information content (AvgIpc) is 2.79. The highest BCUT2D eigenvalue weighted by Gasteiger charge is 2.31. The van der Waals surface area contributed by atoms with Gasteiger partial charge in [0.15, 0.2) is 0 Å². The number of carboxylic acids is 1. The van der Waals surface area contributed by atoms with Gasteiger partial charge in [-0.3, -0.25) is 14.4 Å². The molecule has 1 aromatic rings. The molecular weight excluding hydrogens is 468 g/mol. The van der Waals surface area contributed by atoms with Crippen molar-refractivity contribution in [2.75, 3.05) is 11.5 Å². The maximum Gasteiger partial charge on any atom is 0.327 e. The van der Waals surface area contributed by atoms with E-state index in [0.717, 1.165) is 5.56 Å². The van der Waals surface area contributed by atoms with E-state index in [1.165, 1.54) is 12.1 Å². The van der Waals surface area contributed by atoms with Gasteiger partial charge in [-0.25, -0.2) is 4.79 Å². The molecule has 10 nitrogen and oxygen atoms in total. The van der Waals surface area contributed by atoms with Crippen LogP contribution in [0.1, 0.15) is 25.8 Å². The second kappa shape index (κ2) is 14.0. The van der Waals surface area contributed by atoms with Gasteiger partial charge in [0, 0.05) is 11.5 Å². The first kappa shape index (κ1) is 28.6. The van der Waals surface area contributed by atoms with Crippen molar-refractivity contribution in [1.29, 1.82) is 0 Å². The average molecular weight is 501 g/mol. The molecule has 184 valence electrons. The molecular formula is C21H32N4O6S2. The maximum atomic E-state index is 12.9. The van der Waals surface area contributed by atoms with Crippen LogP contribution in [0.4, 0.5) is 0 Å². The van der Waals surface area contributed by atoms with Gasteiger partial charge in [0.05, 0.1) is 6.04 Å². The third-order valence-corrected chi connectivity index (χ3v) is 5.86. The normalized spacial score (nSPS) is 15.4. The van der Waals surface area contributed by atoms with Crippen LogP contribution in [0.25, 0.3) is 0 Å². The predicted octanol–water partition coefficient (Wildman–Crippen LogP) is -0.293. The maximum absolute atomic E-state index is 12.9. The Bertz CT molecular complexity index is 823. The number of thiol groups is 2. The number of rotatable bonds is 13. The van der Waals surface area contributed by atoms with Crippen LogP contribution < -0.4 is 21.7 Å². The summed E-state index contributed by atoms with van der Waals surface area (Å²) in [6, 6.07) is 2.02. The summed E-state index contributed by atoms with van der Waals surface area (Å²) in [6.45, 7) is 3.62. The molecule has 33 heavy (non-hydrogen) atoms. The summed E-state index contributed by atoms with van der Waals surface area (Å²) in [5.74, 6) is -3.53. The largest absolute Gasteiger partial charge is 0.508 e. The van der Waals surface area contributed by atoms with E-state index >= 15 is 0 Å². The zero-order valence-electron chi connectivity index (χ0n) is 18.5. The topological polar surface area (TPSA) is 171 Å². The summed E-state index contributed by atoms with van der Waals surface area (Å²) in [5.41, 5.74) is 6.75. The minimum absolute atomic E-state index is 0.0853. The molecule has 0 radical (unpaired) electrons. The van der Waals surface area contributed by atoms with Crippen LogP contribution in [0, 0.1) is 5.92 Å². The number of carbonyl (C=O) groups is 4. The second-order valence-electron chi connectivity index (χ2n) is 7.67. The Morgan fingerprint density at radius 3 is 1.97 bits per heavy atom. The standard InChI is InChI=1S/C21H32N4O6S2/c1-3-11(2)17(25-18(27)14(22)8-12-4-6-13(26)7-5-12)20(29)23-15(9-32)19(28)24-16(10-33)21(30)31/h4-7,11,14-17,26,32-33H,3,8-10,22H2,1-2H3,(H,23,29)(H,24,28)(H,25,27)(H,30,31). The van der Waals surface area contributed by atoms with Crippen molar-refractivity contribution >= 4 is 48.9 Å². The Morgan fingerprint density at radius 1 is 0.939 bits per heavy atom. The number of carbonyl (C=O) groups excluding carboxylic acids is 3. The number of nitrogens with two attached hydrogens (primary N) is 1. The first-order chi connectivity index (χ1) is 15.5. The molecule has 1 aromatic carbocycles. The molecule has 0 saturated heterocycles. The molecule has 7 N–H and O–H groups in total. The lowest BCUT2D eigenvalue weighted by Crippen LogP contribution is -2.59. The molecule has 12 heteroatoms. The van der Waals surface area contributed by atoms with E-state index in [9.17, 15) is 24.3 Å². The smallest absolute Gasteiger partial charge is 0.327 e. The molecule has 0 aliphatic rings. The first-order valence-electron chi connectivity index (χ1n) is 10.4. The van der Waals surface area contributed by atoms with Crippen molar-refractivity contribution < 1.29 is 29.4 Å². The highest BCUT2D eigenvalue weighted by molar-refractivity contribution is 7.80. The Hall–Kier alpha value is -2.44. The molecule has 0 heterocycles. The number of carboxylic acid groups (broad SMARTS) is 1. The minimum Gasteiger partial charge on any atom is -0.508 e. The monoisotopic (exact) mass is 500 g/mol. The number of aromatic hydroxyl groups is 1. The summed E-state index contributed by atoms with van der Waals surface area (Å²) >= 11 is 7.97. The first-order valence-corrected chi connectivity index (χ1v) is 11.7. The van der Waals surface area contributed by atoms with E-state index in [0.29, 0.717) is 6.42 Å². The van der Waals surface area contributed by atoms with Crippen LogP contribution >= 0.6 is 25.3 Å². The van der Waals surface area contributed by atoms with E-state index in [1.807, 2.05) is 6.92 Å². The van der Waals surface area contributed by atoms with Crippen LogP contribution in [-0.4, -0.2) is 69.6 Å². The Labute approximate surface area is 203 Å². The van der Waals surface area contributed by atoms with Crippen LogP contribution in [0.15, 0.2) is 24.3 Å². The molecule has 0 bridgehead atoms. The number of phenols is 1. The second-order valence-corrected chi connectivity index (χ2v) is 8.40. The van der Waals surface area contributed by atoms with E-state index < -0.39 is 47.9 Å². The van der Waals surface area contributed by atoms with Gasteiger partial charge in [0.2, 0.25) is 17.7 Å². The summed E-state index contributed by atoms with van der Waals surface area (Å²) in [7, 11) is 0. The van der Waals surface area contributed by atoms with E-state index in [1.54, 1.807) is 19.1 Å². The van der Waals surface area contributed by atoms with E-state index in [-0.39, 0.29) is 29.6 Å². The zero-order chi connectivity index (χ0) is 25.1. The van der Waals surface area contributed by atoms with Crippen molar-refractivity contribution in [2.45, 2.75) is 50.9 Å². The molecule has 3 amide bonds. The Morgan fingerprint density at radius 2 is 1.48 bits per heavy atom. The van der Waals surface area contributed by atoms with Gasteiger partial charge < -0.3 is 31.9 Å². The van der Waals surface area contributed by atoms with Gasteiger partial charge in [-0.05, 0) is 30.0 Å². The van der Waals surface area contributed by atoms with Gasteiger partial charge in [-0.15, -0.1) is 0 Å². The van der Waals surface area contributed by atoms with E-state index in [2.05, 4.69) is 41.2 Å². The third-order valence-electron chi connectivity index (χ3n) is 5.13.